The van der Waals surface area contributed by atoms with E-state index in [2.05, 4.69) is 0 Å². The van der Waals surface area contributed by atoms with Crippen LogP contribution >= 0.6 is 11.6 Å². The van der Waals surface area contributed by atoms with Crippen molar-refractivity contribution in [2.75, 3.05) is 11.4 Å². The third-order valence-corrected chi connectivity index (χ3v) is 2.59. The second-order valence-electron chi connectivity index (χ2n) is 3.56. The van der Waals surface area contributed by atoms with Gasteiger partial charge in [0.15, 0.2) is 0 Å². The average molecular weight is 229 g/mol. The Labute approximate surface area is 91.6 Å². The molecule has 0 spiro atoms. The fourth-order valence-electron chi connectivity index (χ4n) is 1.66. The van der Waals surface area contributed by atoms with E-state index in [0.29, 0.717) is 11.6 Å². The van der Waals surface area contributed by atoms with E-state index in [1.165, 1.54) is 23.1 Å². The highest BCUT2D eigenvalue weighted by Crippen LogP contribution is 2.26. The molecule has 80 valence electrons. The molecule has 2 N–H and O–H groups in total. The van der Waals surface area contributed by atoms with Gasteiger partial charge in [0, 0.05) is 24.0 Å². The molecule has 15 heavy (non-hydrogen) atoms. The van der Waals surface area contributed by atoms with Gasteiger partial charge in [-0.05, 0) is 18.2 Å². The Hall–Kier alpha value is -1.13. The molecule has 1 unspecified atom stereocenters. The summed E-state index contributed by atoms with van der Waals surface area (Å²) in [6.07, 6.45) is 0.256. The van der Waals surface area contributed by atoms with Gasteiger partial charge < -0.3 is 10.6 Å². The first-order valence-corrected chi connectivity index (χ1v) is 4.96. The number of halogens is 2. The second-order valence-corrected chi connectivity index (χ2v) is 4.00. The van der Waals surface area contributed by atoms with E-state index in [1.54, 1.807) is 0 Å². The lowest BCUT2D eigenvalue weighted by molar-refractivity contribution is -0.117. The summed E-state index contributed by atoms with van der Waals surface area (Å²) >= 11 is 5.74. The Kier molecular flexibility index (Phi) is 2.63. The van der Waals surface area contributed by atoms with Crippen molar-refractivity contribution in [3.63, 3.8) is 0 Å². The standard InChI is InChI=1S/C10H10ClFN2O/c11-6-1-2-8(12)9(3-6)14-5-7(13)4-10(14)15/h1-3,7H,4-5,13H2. The summed E-state index contributed by atoms with van der Waals surface area (Å²) in [5, 5.41) is 0.402. The Bertz CT molecular complexity index is 410. The number of benzene rings is 1. The SMILES string of the molecule is NC1CC(=O)N(c2cc(Cl)ccc2F)C1. The van der Waals surface area contributed by atoms with Gasteiger partial charge in [-0.1, -0.05) is 11.6 Å². The third-order valence-electron chi connectivity index (χ3n) is 2.35. The van der Waals surface area contributed by atoms with Gasteiger partial charge >= 0.3 is 0 Å². The number of amides is 1. The summed E-state index contributed by atoms with van der Waals surface area (Å²) in [4.78, 5) is 12.8. The van der Waals surface area contributed by atoms with E-state index < -0.39 is 5.82 Å². The molecule has 3 nitrogen and oxygen atoms in total. The lowest BCUT2D eigenvalue weighted by Gasteiger charge is -2.16. The molecule has 5 heteroatoms. The summed E-state index contributed by atoms with van der Waals surface area (Å²) in [5.74, 6) is -0.620. The third kappa shape index (κ3) is 1.96. The monoisotopic (exact) mass is 228 g/mol. The van der Waals surface area contributed by atoms with Gasteiger partial charge in [-0.15, -0.1) is 0 Å². The summed E-state index contributed by atoms with van der Waals surface area (Å²) < 4.78 is 13.4. The molecule has 1 atom stereocenters. The quantitative estimate of drug-likeness (QED) is 0.793. The van der Waals surface area contributed by atoms with E-state index in [9.17, 15) is 9.18 Å². The van der Waals surface area contributed by atoms with Gasteiger partial charge in [0.2, 0.25) is 5.91 Å². The van der Waals surface area contributed by atoms with Crippen LogP contribution in [0.15, 0.2) is 18.2 Å². The molecule has 2 rings (SSSR count). The minimum atomic E-state index is -0.457. The highest BCUT2D eigenvalue weighted by molar-refractivity contribution is 6.30. The van der Waals surface area contributed by atoms with Crippen LogP contribution < -0.4 is 10.6 Å². The highest BCUT2D eigenvalue weighted by Gasteiger charge is 2.29. The number of nitrogens with two attached hydrogens (primary N) is 1. The van der Waals surface area contributed by atoms with Gasteiger partial charge in [0.05, 0.1) is 5.69 Å². The number of hydrogen-bond acceptors (Lipinski definition) is 2. The predicted octanol–water partition coefficient (Wildman–Crippen LogP) is 1.54. The van der Waals surface area contributed by atoms with Crippen LogP contribution in [-0.2, 0) is 4.79 Å². The lowest BCUT2D eigenvalue weighted by Crippen LogP contribution is -2.28. The average Bonchev–Trinajstić information content (AvgIpc) is 2.50. The Morgan fingerprint density at radius 1 is 1.53 bits per heavy atom. The van der Waals surface area contributed by atoms with E-state index >= 15 is 0 Å². The zero-order valence-electron chi connectivity index (χ0n) is 7.91. The summed E-state index contributed by atoms with van der Waals surface area (Å²) in [6, 6.07) is 3.90. The highest BCUT2D eigenvalue weighted by atomic mass is 35.5. The molecule has 1 fully saturated rings. The van der Waals surface area contributed by atoms with Gasteiger partial charge in [0.25, 0.3) is 0 Å². The van der Waals surface area contributed by atoms with Crippen LogP contribution in [-0.4, -0.2) is 18.5 Å². The van der Waals surface area contributed by atoms with Crippen LogP contribution in [0.25, 0.3) is 0 Å². The van der Waals surface area contributed by atoms with Crippen molar-refractivity contribution in [1.29, 1.82) is 0 Å². The molecule has 0 radical (unpaired) electrons. The van der Waals surface area contributed by atoms with Crippen LogP contribution in [0.5, 0.6) is 0 Å². The zero-order chi connectivity index (χ0) is 11.0. The van der Waals surface area contributed by atoms with E-state index in [0.717, 1.165) is 0 Å². The van der Waals surface area contributed by atoms with Gasteiger partial charge in [-0.2, -0.15) is 0 Å². The number of carbonyl (C=O) groups excluding carboxylic acids is 1. The van der Waals surface area contributed by atoms with Crippen LogP contribution in [0.1, 0.15) is 6.42 Å². The normalized spacial score (nSPS) is 21.1. The molecule has 0 aliphatic carbocycles. The van der Waals surface area contributed by atoms with Crippen molar-refractivity contribution in [2.45, 2.75) is 12.5 Å². The Morgan fingerprint density at radius 3 is 2.87 bits per heavy atom. The van der Waals surface area contributed by atoms with Gasteiger partial charge in [-0.25, -0.2) is 4.39 Å². The smallest absolute Gasteiger partial charge is 0.228 e. The number of anilines is 1. The second kappa shape index (κ2) is 3.79. The first kappa shape index (κ1) is 10.4. The van der Waals surface area contributed by atoms with E-state index in [4.69, 9.17) is 17.3 Å². The molecular weight excluding hydrogens is 219 g/mol. The van der Waals surface area contributed by atoms with E-state index in [1.807, 2.05) is 0 Å². The number of rotatable bonds is 1. The summed E-state index contributed by atoms with van der Waals surface area (Å²) in [6.45, 7) is 0.343. The molecule has 0 bridgehead atoms. The fourth-order valence-corrected chi connectivity index (χ4v) is 1.83. The molecular formula is C10H10ClFN2O. The maximum absolute atomic E-state index is 13.4. The van der Waals surface area contributed by atoms with Crippen LogP contribution in [0.2, 0.25) is 5.02 Å². The van der Waals surface area contributed by atoms with Crippen molar-refractivity contribution < 1.29 is 9.18 Å². The van der Waals surface area contributed by atoms with Crippen molar-refractivity contribution >= 4 is 23.2 Å². The van der Waals surface area contributed by atoms with Crippen LogP contribution in [0, 0.1) is 5.82 Å². The number of hydrogen-bond donors (Lipinski definition) is 1. The van der Waals surface area contributed by atoms with Crippen molar-refractivity contribution in [3.05, 3.63) is 29.0 Å². The lowest BCUT2D eigenvalue weighted by atomic mass is 10.3. The molecule has 1 saturated heterocycles. The maximum atomic E-state index is 13.4. The fraction of sp³-hybridized carbons (Fsp3) is 0.300. The molecule has 0 aromatic heterocycles. The molecule has 1 aliphatic heterocycles. The zero-order valence-corrected chi connectivity index (χ0v) is 8.67. The molecule has 1 aromatic carbocycles. The maximum Gasteiger partial charge on any atom is 0.228 e. The first-order valence-electron chi connectivity index (χ1n) is 4.59. The Morgan fingerprint density at radius 2 is 2.27 bits per heavy atom. The molecule has 1 heterocycles. The molecule has 1 amide bonds. The molecule has 0 saturated carbocycles. The van der Waals surface area contributed by atoms with Crippen molar-refractivity contribution in [1.82, 2.24) is 0 Å². The molecule has 1 aliphatic rings. The Balaban J connectivity index is 2.37. The predicted molar refractivity (Wildman–Crippen MR) is 56.4 cm³/mol. The van der Waals surface area contributed by atoms with Crippen molar-refractivity contribution in [3.8, 4) is 0 Å². The van der Waals surface area contributed by atoms with E-state index in [-0.39, 0.29) is 24.1 Å². The van der Waals surface area contributed by atoms with Gasteiger partial charge in [-0.3, -0.25) is 4.79 Å². The van der Waals surface area contributed by atoms with Crippen LogP contribution in [0.3, 0.4) is 0 Å². The van der Waals surface area contributed by atoms with Crippen LogP contribution in [0.4, 0.5) is 10.1 Å². The first-order chi connectivity index (χ1) is 7.08. The summed E-state index contributed by atoms with van der Waals surface area (Å²) in [5.41, 5.74) is 5.83. The number of nitrogens with zero attached hydrogens (tertiary/aromatic N) is 1. The number of carbonyl (C=O) groups is 1. The largest absolute Gasteiger partial charge is 0.326 e. The van der Waals surface area contributed by atoms with Crippen molar-refractivity contribution in [2.24, 2.45) is 5.73 Å². The topological polar surface area (TPSA) is 46.3 Å². The summed E-state index contributed by atoms with van der Waals surface area (Å²) in [7, 11) is 0. The molecule has 1 aromatic rings. The van der Waals surface area contributed by atoms with Gasteiger partial charge in [0.1, 0.15) is 5.82 Å². The minimum absolute atomic E-state index is 0.163. The minimum Gasteiger partial charge on any atom is -0.326 e.